The lowest BCUT2D eigenvalue weighted by Gasteiger charge is -2.24. The van der Waals surface area contributed by atoms with Crippen molar-refractivity contribution in [2.45, 2.75) is 62.4 Å². The maximum absolute atomic E-state index is 13.4. The second-order valence-electron chi connectivity index (χ2n) is 7.61. The van der Waals surface area contributed by atoms with E-state index in [1.165, 1.54) is 31.7 Å². The van der Waals surface area contributed by atoms with E-state index in [1.807, 2.05) is 6.07 Å². The van der Waals surface area contributed by atoms with Crippen LogP contribution in [0, 0.1) is 11.7 Å². The number of carbonyl (C=O) groups excluding carboxylic acids is 1. The summed E-state index contributed by atoms with van der Waals surface area (Å²) in [4.78, 5) is 12.5. The fraction of sp³-hybridized carbons (Fsp3) is 0.632. The van der Waals surface area contributed by atoms with Gasteiger partial charge >= 0.3 is 0 Å². The lowest BCUT2D eigenvalue weighted by atomic mass is 9.85. The Morgan fingerprint density at radius 1 is 1.29 bits per heavy atom. The van der Waals surface area contributed by atoms with Gasteiger partial charge in [-0.2, -0.15) is 0 Å². The molecule has 1 saturated heterocycles. The van der Waals surface area contributed by atoms with Crippen LogP contribution in [0.5, 0.6) is 0 Å². The molecule has 1 amide bonds. The molecule has 1 heterocycles. The predicted octanol–water partition coefficient (Wildman–Crippen LogP) is 3.32. The van der Waals surface area contributed by atoms with Gasteiger partial charge in [-0.1, -0.05) is 25.0 Å². The van der Waals surface area contributed by atoms with Crippen LogP contribution in [0.3, 0.4) is 0 Å². The number of fused-ring (bicyclic) bond motifs is 1. The van der Waals surface area contributed by atoms with Crippen molar-refractivity contribution in [2.75, 3.05) is 6.54 Å². The highest BCUT2D eigenvalue weighted by molar-refractivity contribution is 5.85. The van der Waals surface area contributed by atoms with Gasteiger partial charge in [0, 0.05) is 18.0 Å². The van der Waals surface area contributed by atoms with Gasteiger partial charge in [0.05, 0.1) is 6.04 Å². The SMILES string of the molecule is Cl.O=C(NCC1(c2cccc(F)c2)CC1)C1CC2CCCCC2N1. The molecule has 2 N–H and O–H groups in total. The molecular weight excluding hydrogens is 327 g/mol. The number of halogens is 2. The first kappa shape index (κ1) is 17.7. The number of rotatable bonds is 4. The zero-order valence-electron chi connectivity index (χ0n) is 13.9. The van der Waals surface area contributed by atoms with Crippen LogP contribution in [-0.4, -0.2) is 24.5 Å². The van der Waals surface area contributed by atoms with E-state index in [2.05, 4.69) is 10.6 Å². The van der Waals surface area contributed by atoms with Crippen molar-refractivity contribution >= 4 is 18.3 Å². The second-order valence-corrected chi connectivity index (χ2v) is 7.61. The summed E-state index contributed by atoms with van der Waals surface area (Å²) in [5, 5.41) is 6.66. The molecule has 5 heteroatoms. The van der Waals surface area contributed by atoms with E-state index in [1.54, 1.807) is 12.1 Å². The number of benzene rings is 1. The van der Waals surface area contributed by atoms with Crippen molar-refractivity contribution in [2.24, 2.45) is 5.92 Å². The Balaban J connectivity index is 0.00000169. The Morgan fingerprint density at radius 2 is 2.08 bits per heavy atom. The van der Waals surface area contributed by atoms with Crippen molar-refractivity contribution in [1.29, 1.82) is 0 Å². The fourth-order valence-corrected chi connectivity index (χ4v) is 4.44. The molecule has 0 aromatic heterocycles. The smallest absolute Gasteiger partial charge is 0.237 e. The number of amides is 1. The van der Waals surface area contributed by atoms with Crippen molar-refractivity contribution in [3.8, 4) is 0 Å². The van der Waals surface area contributed by atoms with Crippen molar-refractivity contribution in [1.82, 2.24) is 10.6 Å². The molecule has 3 atom stereocenters. The Kier molecular flexibility index (Phi) is 5.16. The first-order valence-corrected chi connectivity index (χ1v) is 8.96. The number of hydrogen-bond acceptors (Lipinski definition) is 2. The summed E-state index contributed by atoms with van der Waals surface area (Å²) in [5.74, 6) is 0.612. The Hall–Kier alpha value is -1.13. The molecule has 132 valence electrons. The minimum atomic E-state index is -0.193. The van der Waals surface area contributed by atoms with Gasteiger partial charge in [-0.3, -0.25) is 4.79 Å². The standard InChI is InChI=1S/C19H25FN2O.ClH/c20-15-6-3-5-14(11-15)19(8-9-19)12-21-18(23)17-10-13-4-1-2-7-16(13)22-17;/h3,5-6,11,13,16-17,22H,1-2,4,7-10,12H2,(H,21,23);1H. The van der Waals surface area contributed by atoms with Crippen LogP contribution in [-0.2, 0) is 10.2 Å². The number of carbonyl (C=O) groups is 1. The molecule has 2 aliphatic carbocycles. The van der Waals surface area contributed by atoms with E-state index in [0.29, 0.717) is 18.5 Å². The maximum atomic E-state index is 13.4. The Bertz CT molecular complexity index is 591. The molecule has 3 fully saturated rings. The fourth-order valence-electron chi connectivity index (χ4n) is 4.44. The third kappa shape index (κ3) is 3.45. The Labute approximate surface area is 149 Å². The monoisotopic (exact) mass is 352 g/mol. The third-order valence-electron chi connectivity index (χ3n) is 6.07. The van der Waals surface area contributed by atoms with Gasteiger partial charge in [-0.25, -0.2) is 4.39 Å². The minimum absolute atomic E-state index is 0. The van der Waals surface area contributed by atoms with Gasteiger partial charge in [0.25, 0.3) is 0 Å². The molecule has 0 spiro atoms. The summed E-state index contributed by atoms with van der Waals surface area (Å²) in [7, 11) is 0. The second kappa shape index (κ2) is 7.01. The van der Waals surface area contributed by atoms with Crippen LogP contribution in [0.2, 0.25) is 0 Å². The van der Waals surface area contributed by atoms with E-state index in [0.717, 1.165) is 24.8 Å². The van der Waals surface area contributed by atoms with Gasteiger partial charge in [0.15, 0.2) is 0 Å². The van der Waals surface area contributed by atoms with Gasteiger partial charge < -0.3 is 10.6 Å². The molecule has 4 rings (SSSR count). The summed E-state index contributed by atoms with van der Waals surface area (Å²) in [5.41, 5.74) is 0.981. The van der Waals surface area contributed by atoms with Crippen molar-refractivity contribution < 1.29 is 9.18 Å². The predicted molar refractivity (Wildman–Crippen MR) is 94.9 cm³/mol. The molecule has 1 aliphatic heterocycles. The quantitative estimate of drug-likeness (QED) is 0.872. The van der Waals surface area contributed by atoms with E-state index < -0.39 is 0 Å². The topological polar surface area (TPSA) is 41.1 Å². The molecule has 2 saturated carbocycles. The first-order valence-electron chi connectivity index (χ1n) is 8.96. The summed E-state index contributed by atoms with van der Waals surface area (Å²) in [6.45, 7) is 0.628. The first-order chi connectivity index (χ1) is 11.2. The molecule has 1 aromatic rings. The van der Waals surface area contributed by atoms with Gasteiger partial charge in [-0.15, -0.1) is 12.4 Å². The molecule has 0 bridgehead atoms. The Morgan fingerprint density at radius 3 is 2.79 bits per heavy atom. The normalized spacial score (nSPS) is 30.1. The van der Waals surface area contributed by atoms with Gasteiger partial charge in [-0.05, 0) is 55.7 Å². The average Bonchev–Trinajstić information content (AvgIpc) is 3.23. The molecule has 3 nitrogen and oxygen atoms in total. The highest BCUT2D eigenvalue weighted by Crippen LogP contribution is 2.47. The highest BCUT2D eigenvalue weighted by atomic mass is 35.5. The molecule has 1 aromatic carbocycles. The van der Waals surface area contributed by atoms with Crippen molar-refractivity contribution in [3.63, 3.8) is 0 Å². The van der Waals surface area contributed by atoms with Crippen LogP contribution in [0.1, 0.15) is 50.5 Å². The zero-order chi connectivity index (χ0) is 15.9. The number of hydrogen-bond donors (Lipinski definition) is 2. The van der Waals surface area contributed by atoms with Crippen molar-refractivity contribution in [3.05, 3.63) is 35.6 Å². The number of nitrogens with one attached hydrogen (secondary N) is 2. The van der Waals surface area contributed by atoms with E-state index >= 15 is 0 Å². The average molecular weight is 353 g/mol. The van der Waals surface area contributed by atoms with Crippen LogP contribution in [0.4, 0.5) is 4.39 Å². The van der Waals surface area contributed by atoms with Gasteiger partial charge in [0.2, 0.25) is 5.91 Å². The van der Waals surface area contributed by atoms with E-state index in [-0.39, 0.29) is 35.6 Å². The van der Waals surface area contributed by atoms with Crippen LogP contribution >= 0.6 is 12.4 Å². The molecule has 24 heavy (non-hydrogen) atoms. The molecule has 3 unspecified atom stereocenters. The van der Waals surface area contributed by atoms with Crippen LogP contribution in [0.15, 0.2) is 24.3 Å². The van der Waals surface area contributed by atoms with Gasteiger partial charge in [0.1, 0.15) is 5.82 Å². The summed E-state index contributed by atoms with van der Waals surface area (Å²) in [6.07, 6.45) is 8.09. The summed E-state index contributed by atoms with van der Waals surface area (Å²) in [6, 6.07) is 7.33. The van der Waals surface area contributed by atoms with E-state index in [4.69, 9.17) is 0 Å². The lowest BCUT2D eigenvalue weighted by molar-refractivity contribution is -0.123. The third-order valence-corrected chi connectivity index (χ3v) is 6.07. The summed E-state index contributed by atoms with van der Waals surface area (Å²) < 4.78 is 13.4. The largest absolute Gasteiger partial charge is 0.354 e. The minimum Gasteiger partial charge on any atom is -0.354 e. The molecule has 0 radical (unpaired) electrons. The van der Waals surface area contributed by atoms with E-state index in [9.17, 15) is 9.18 Å². The molecule has 3 aliphatic rings. The molecular formula is C19H26ClFN2O. The van der Waals surface area contributed by atoms with Crippen LogP contribution in [0.25, 0.3) is 0 Å². The highest BCUT2D eigenvalue weighted by Gasteiger charge is 2.45. The summed E-state index contributed by atoms with van der Waals surface area (Å²) >= 11 is 0. The maximum Gasteiger partial charge on any atom is 0.237 e. The lowest BCUT2D eigenvalue weighted by Crippen LogP contribution is -2.45. The van der Waals surface area contributed by atoms with Crippen LogP contribution < -0.4 is 10.6 Å². The zero-order valence-corrected chi connectivity index (χ0v) is 14.7.